The normalized spacial score (nSPS) is 29.9. The van der Waals surface area contributed by atoms with Crippen molar-refractivity contribution in [1.29, 1.82) is 5.41 Å². The van der Waals surface area contributed by atoms with Gasteiger partial charge in [0.05, 0.1) is 5.25 Å². The first-order valence-electron chi connectivity index (χ1n) is 5.62. The number of hydrogen-bond acceptors (Lipinski definition) is 2. The molecule has 3 atom stereocenters. The molecular formula is C11H22N2S. The predicted molar refractivity (Wildman–Crippen MR) is 65.0 cm³/mol. The van der Waals surface area contributed by atoms with Crippen LogP contribution in [0.15, 0.2) is 0 Å². The summed E-state index contributed by atoms with van der Waals surface area (Å²) in [6, 6.07) is 0. The van der Waals surface area contributed by atoms with Gasteiger partial charge in [0.15, 0.2) is 0 Å². The summed E-state index contributed by atoms with van der Waals surface area (Å²) in [6.07, 6.45) is 6.36. The number of thioether (sulfide) groups is 1. The van der Waals surface area contributed by atoms with Crippen LogP contribution in [0.4, 0.5) is 0 Å². The van der Waals surface area contributed by atoms with Crippen molar-refractivity contribution in [3.63, 3.8) is 0 Å². The highest BCUT2D eigenvalue weighted by atomic mass is 32.2. The predicted octanol–water partition coefficient (Wildman–Crippen LogP) is 3.01. The fourth-order valence-corrected chi connectivity index (χ4v) is 3.67. The van der Waals surface area contributed by atoms with Crippen molar-refractivity contribution in [3.8, 4) is 0 Å². The Morgan fingerprint density at radius 3 is 2.79 bits per heavy atom. The van der Waals surface area contributed by atoms with Crippen molar-refractivity contribution in [1.82, 2.24) is 0 Å². The van der Waals surface area contributed by atoms with Gasteiger partial charge in [0, 0.05) is 5.25 Å². The van der Waals surface area contributed by atoms with E-state index in [1.165, 1.54) is 25.7 Å². The van der Waals surface area contributed by atoms with Gasteiger partial charge >= 0.3 is 0 Å². The van der Waals surface area contributed by atoms with E-state index in [-0.39, 0.29) is 5.25 Å². The lowest BCUT2D eigenvalue weighted by Crippen LogP contribution is -2.28. The molecule has 82 valence electrons. The molecule has 1 aliphatic rings. The lowest BCUT2D eigenvalue weighted by molar-refractivity contribution is 0.394. The van der Waals surface area contributed by atoms with Gasteiger partial charge in [-0.3, -0.25) is 5.41 Å². The van der Waals surface area contributed by atoms with Crippen molar-refractivity contribution in [2.45, 2.75) is 56.5 Å². The van der Waals surface area contributed by atoms with E-state index in [2.05, 4.69) is 13.8 Å². The minimum atomic E-state index is 0.255. The summed E-state index contributed by atoms with van der Waals surface area (Å²) in [5.41, 5.74) is 5.56. The molecule has 1 rings (SSSR count). The smallest absolute Gasteiger partial charge is 0.104 e. The van der Waals surface area contributed by atoms with E-state index >= 15 is 0 Å². The maximum atomic E-state index is 7.48. The second-order valence-electron chi connectivity index (χ2n) is 4.38. The third kappa shape index (κ3) is 3.52. The molecule has 0 bridgehead atoms. The fourth-order valence-electron chi connectivity index (χ4n) is 2.12. The molecule has 0 aromatic carbocycles. The lowest BCUT2D eigenvalue weighted by atomic mass is 9.91. The summed E-state index contributed by atoms with van der Waals surface area (Å²) in [7, 11) is 0. The van der Waals surface area contributed by atoms with Crippen LogP contribution in [-0.2, 0) is 0 Å². The van der Waals surface area contributed by atoms with Crippen LogP contribution in [0.25, 0.3) is 0 Å². The molecule has 0 aromatic heterocycles. The first-order valence-corrected chi connectivity index (χ1v) is 6.57. The van der Waals surface area contributed by atoms with Crippen LogP contribution < -0.4 is 5.73 Å². The molecule has 1 saturated carbocycles. The van der Waals surface area contributed by atoms with Crippen LogP contribution in [-0.4, -0.2) is 16.3 Å². The third-order valence-electron chi connectivity index (χ3n) is 2.96. The van der Waals surface area contributed by atoms with Crippen molar-refractivity contribution < 1.29 is 0 Å². The molecule has 0 radical (unpaired) electrons. The average Bonchev–Trinajstić information content (AvgIpc) is 2.14. The molecule has 0 saturated heterocycles. The van der Waals surface area contributed by atoms with Crippen LogP contribution in [0, 0.1) is 11.3 Å². The molecule has 0 amide bonds. The summed E-state index contributed by atoms with van der Waals surface area (Å²) in [5, 5.41) is 8.48. The molecule has 0 heterocycles. The summed E-state index contributed by atoms with van der Waals surface area (Å²) in [5.74, 6) is 1.22. The maximum absolute atomic E-state index is 7.48. The molecule has 14 heavy (non-hydrogen) atoms. The third-order valence-corrected chi connectivity index (χ3v) is 4.69. The minimum absolute atomic E-state index is 0.255. The van der Waals surface area contributed by atoms with E-state index in [1.54, 1.807) is 0 Å². The van der Waals surface area contributed by atoms with Crippen LogP contribution in [0.2, 0.25) is 0 Å². The molecule has 1 fully saturated rings. The van der Waals surface area contributed by atoms with Gasteiger partial charge in [-0.1, -0.05) is 26.7 Å². The van der Waals surface area contributed by atoms with Gasteiger partial charge in [0.2, 0.25) is 0 Å². The number of hydrogen-bond donors (Lipinski definition) is 2. The van der Waals surface area contributed by atoms with Crippen molar-refractivity contribution in [3.05, 3.63) is 0 Å². The number of rotatable bonds is 4. The Kier molecular flexibility index (Phi) is 4.79. The largest absolute Gasteiger partial charge is 0.387 e. The van der Waals surface area contributed by atoms with Gasteiger partial charge in [-0.05, 0) is 25.2 Å². The van der Waals surface area contributed by atoms with Gasteiger partial charge in [-0.25, -0.2) is 0 Å². The van der Waals surface area contributed by atoms with Gasteiger partial charge < -0.3 is 5.73 Å². The molecule has 3 heteroatoms. The van der Waals surface area contributed by atoms with Crippen molar-refractivity contribution in [2.75, 3.05) is 0 Å². The molecule has 3 N–H and O–H groups in total. The zero-order chi connectivity index (χ0) is 10.6. The Bertz CT molecular complexity index is 194. The molecular weight excluding hydrogens is 192 g/mol. The lowest BCUT2D eigenvalue weighted by Gasteiger charge is -2.28. The minimum Gasteiger partial charge on any atom is -0.387 e. The average molecular weight is 214 g/mol. The number of amidine groups is 1. The summed E-state index contributed by atoms with van der Waals surface area (Å²) in [4.78, 5) is 0. The quantitative estimate of drug-likeness (QED) is 0.558. The zero-order valence-electron chi connectivity index (χ0n) is 9.25. The number of nitrogens with one attached hydrogen (secondary N) is 1. The van der Waals surface area contributed by atoms with E-state index in [0.717, 1.165) is 17.6 Å². The fraction of sp³-hybridized carbons (Fsp3) is 0.909. The van der Waals surface area contributed by atoms with E-state index in [4.69, 9.17) is 11.1 Å². The van der Waals surface area contributed by atoms with E-state index < -0.39 is 0 Å². The van der Waals surface area contributed by atoms with Crippen LogP contribution >= 0.6 is 11.8 Å². The zero-order valence-corrected chi connectivity index (χ0v) is 10.1. The second kappa shape index (κ2) is 5.64. The van der Waals surface area contributed by atoms with E-state index in [9.17, 15) is 0 Å². The van der Waals surface area contributed by atoms with Gasteiger partial charge in [-0.15, -0.1) is 11.8 Å². The summed E-state index contributed by atoms with van der Waals surface area (Å²) < 4.78 is 0. The molecule has 0 aliphatic heterocycles. The van der Waals surface area contributed by atoms with Gasteiger partial charge in [-0.2, -0.15) is 0 Å². The first kappa shape index (κ1) is 11.9. The van der Waals surface area contributed by atoms with Crippen molar-refractivity contribution >= 4 is 17.6 Å². The molecule has 2 nitrogen and oxygen atoms in total. The van der Waals surface area contributed by atoms with Crippen molar-refractivity contribution in [2.24, 2.45) is 11.7 Å². The standard InChI is InChI=1S/C11H22N2S/c1-3-10(11(12)13)14-9-6-4-5-8(2)7-9/h8-10H,3-7H2,1-2H3,(H3,12,13). The molecule has 3 unspecified atom stereocenters. The summed E-state index contributed by atoms with van der Waals surface area (Å²) >= 11 is 1.93. The molecule has 0 spiro atoms. The second-order valence-corrected chi connectivity index (χ2v) is 5.89. The Hall–Kier alpha value is -0.180. The molecule has 0 aromatic rings. The number of nitrogens with two attached hydrogens (primary N) is 1. The van der Waals surface area contributed by atoms with Crippen LogP contribution in [0.3, 0.4) is 0 Å². The van der Waals surface area contributed by atoms with Gasteiger partial charge in [0.25, 0.3) is 0 Å². The SMILES string of the molecule is CCC(SC1CCCC(C)C1)C(=N)N. The maximum Gasteiger partial charge on any atom is 0.104 e. The van der Waals surface area contributed by atoms with Crippen LogP contribution in [0.1, 0.15) is 46.0 Å². The Labute approximate surface area is 91.5 Å². The highest BCUT2D eigenvalue weighted by Gasteiger charge is 2.23. The molecule has 1 aliphatic carbocycles. The summed E-state index contributed by atoms with van der Waals surface area (Å²) in [6.45, 7) is 4.45. The van der Waals surface area contributed by atoms with Crippen LogP contribution in [0.5, 0.6) is 0 Å². The monoisotopic (exact) mass is 214 g/mol. The van der Waals surface area contributed by atoms with E-state index in [0.29, 0.717) is 5.84 Å². The first-order chi connectivity index (χ1) is 6.63. The highest BCUT2D eigenvalue weighted by Crippen LogP contribution is 2.34. The Morgan fingerprint density at radius 1 is 1.57 bits per heavy atom. The Balaban J connectivity index is 2.37. The topological polar surface area (TPSA) is 49.9 Å². The highest BCUT2D eigenvalue weighted by molar-refractivity contribution is 8.01. The van der Waals surface area contributed by atoms with Gasteiger partial charge in [0.1, 0.15) is 5.84 Å². The van der Waals surface area contributed by atoms with E-state index in [1.807, 2.05) is 11.8 Å². The Morgan fingerprint density at radius 2 is 2.29 bits per heavy atom.